The van der Waals surface area contributed by atoms with E-state index in [1.807, 2.05) is 0 Å². The number of amides is 2. The maximum Gasteiger partial charge on any atom is 0.434 e. The number of rotatable bonds is 6. The van der Waals surface area contributed by atoms with Crippen LogP contribution in [0.4, 0.5) is 27.6 Å². The van der Waals surface area contributed by atoms with Gasteiger partial charge in [0.15, 0.2) is 5.69 Å². The predicted octanol–water partition coefficient (Wildman–Crippen LogP) is 3.92. The summed E-state index contributed by atoms with van der Waals surface area (Å²) < 4.78 is 96.4. The van der Waals surface area contributed by atoms with Gasteiger partial charge < -0.3 is 10.6 Å². The van der Waals surface area contributed by atoms with Crippen molar-refractivity contribution in [1.29, 1.82) is 0 Å². The van der Waals surface area contributed by atoms with Crippen molar-refractivity contribution in [2.45, 2.75) is 31.2 Å². The van der Waals surface area contributed by atoms with Gasteiger partial charge in [0.1, 0.15) is 28.7 Å². The number of alkyl halides is 3. The molecule has 0 saturated carbocycles. The molecule has 17 heteroatoms. The first-order chi connectivity index (χ1) is 18.7. The van der Waals surface area contributed by atoms with Gasteiger partial charge in [0.2, 0.25) is 11.8 Å². The second-order valence-electron chi connectivity index (χ2n) is 8.55. The Balaban J connectivity index is 1.51. The smallest absolute Gasteiger partial charge is 0.350 e. The molecule has 0 spiro atoms. The maximum absolute atomic E-state index is 14.1. The minimum atomic E-state index is -4.92. The van der Waals surface area contributed by atoms with E-state index in [0.29, 0.717) is 15.6 Å². The number of anilines is 1. The molecule has 1 fully saturated rings. The van der Waals surface area contributed by atoms with Gasteiger partial charge >= 0.3 is 6.18 Å². The zero-order valence-electron chi connectivity index (χ0n) is 20.2. The Morgan fingerprint density at radius 2 is 1.85 bits per heavy atom. The molecule has 0 radical (unpaired) electrons. The van der Waals surface area contributed by atoms with E-state index in [-0.39, 0.29) is 21.3 Å². The van der Waals surface area contributed by atoms with Crippen LogP contribution >= 0.6 is 22.9 Å². The lowest BCUT2D eigenvalue weighted by molar-refractivity contribution is -0.141. The summed E-state index contributed by atoms with van der Waals surface area (Å²) in [5.41, 5.74) is -1.41. The summed E-state index contributed by atoms with van der Waals surface area (Å²) in [6, 6.07) is 5.47. The highest BCUT2D eigenvalue weighted by Crippen LogP contribution is 2.38. The molecule has 9 nitrogen and oxygen atoms in total. The van der Waals surface area contributed by atoms with E-state index in [0.717, 1.165) is 25.2 Å². The molecule has 1 aliphatic rings. The van der Waals surface area contributed by atoms with Crippen molar-refractivity contribution in [2.24, 2.45) is 0 Å². The average molecular weight is 624 g/mol. The van der Waals surface area contributed by atoms with Crippen LogP contribution in [0.5, 0.6) is 0 Å². The minimum Gasteiger partial charge on any atom is -0.350 e. The molecule has 3 aromatic rings. The Hall–Kier alpha value is -3.18. The van der Waals surface area contributed by atoms with E-state index in [9.17, 15) is 40.0 Å². The molecule has 1 saturated heterocycles. The standard InChI is InChI=1S/C23H19ClF5N5O4S2/c1-34-17(21(36)31-11-6-7-15(26)13(24)8-11)9-16(33-40(34,37)38)20(35)30-10-18-19(23(27,28)29)32-22(39-18)12-4-2-3-5-14(12)25/h2-8,16-17,33H,9-10H2,1H3,(H,30,35)(H,31,36). The summed E-state index contributed by atoms with van der Waals surface area (Å²) in [5, 5.41) is 4.08. The highest BCUT2D eigenvalue weighted by molar-refractivity contribution is 7.87. The van der Waals surface area contributed by atoms with Crippen molar-refractivity contribution in [3.05, 3.63) is 69.7 Å². The first-order valence-electron chi connectivity index (χ1n) is 11.3. The lowest BCUT2D eigenvalue weighted by atomic mass is 10.1. The minimum absolute atomic E-state index is 0.0669. The van der Waals surface area contributed by atoms with Gasteiger partial charge in [0.25, 0.3) is 10.2 Å². The van der Waals surface area contributed by atoms with E-state index in [1.165, 1.54) is 24.3 Å². The van der Waals surface area contributed by atoms with Crippen LogP contribution in [0, 0.1) is 11.6 Å². The molecule has 214 valence electrons. The Bertz CT molecular complexity index is 1570. The summed E-state index contributed by atoms with van der Waals surface area (Å²) in [5.74, 6) is -3.39. The first-order valence-corrected chi connectivity index (χ1v) is 13.9. The van der Waals surface area contributed by atoms with Crippen LogP contribution in [0.1, 0.15) is 17.0 Å². The Morgan fingerprint density at radius 1 is 1.15 bits per heavy atom. The van der Waals surface area contributed by atoms with Crippen molar-refractivity contribution < 1.29 is 40.0 Å². The van der Waals surface area contributed by atoms with Gasteiger partial charge in [-0.05, 0) is 36.8 Å². The topological polar surface area (TPSA) is 120 Å². The molecular formula is C23H19ClF5N5O4S2. The normalized spacial score (nSPS) is 19.3. The molecule has 2 atom stereocenters. The zero-order valence-corrected chi connectivity index (χ0v) is 22.6. The third kappa shape index (κ3) is 6.41. The van der Waals surface area contributed by atoms with Crippen LogP contribution in [-0.2, 0) is 32.5 Å². The molecule has 40 heavy (non-hydrogen) atoms. The number of halogens is 6. The van der Waals surface area contributed by atoms with Crippen LogP contribution in [0.15, 0.2) is 42.5 Å². The SMILES string of the molecule is CN1C(C(=O)Nc2ccc(F)c(Cl)c2)CC(C(=O)NCc2sc(-c3ccccc3F)nc2C(F)(F)F)NS1(=O)=O. The lowest BCUT2D eigenvalue weighted by Gasteiger charge is -2.35. The molecule has 0 bridgehead atoms. The number of nitrogens with zero attached hydrogens (tertiary/aromatic N) is 2. The Kier molecular flexibility index (Phi) is 8.46. The fourth-order valence-corrected chi connectivity index (χ4v) is 6.29. The van der Waals surface area contributed by atoms with Gasteiger partial charge in [-0.15, -0.1) is 11.3 Å². The summed E-state index contributed by atoms with van der Waals surface area (Å²) in [6.07, 6.45) is -5.31. The second-order valence-corrected chi connectivity index (χ2v) is 11.8. The van der Waals surface area contributed by atoms with Crippen molar-refractivity contribution in [3.63, 3.8) is 0 Å². The van der Waals surface area contributed by atoms with Gasteiger partial charge in [0, 0.05) is 18.3 Å². The number of hydrogen-bond acceptors (Lipinski definition) is 6. The molecule has 1 aliphatic heterocycles. The number of carbonyl (C=O) groups excluding carboxylic acids is 2. The van der Waals surface area contributed by atoms with Gasteiger partial charge in [-0.3, -0.25) is 9.59 Å². The third-order valence-electron chi connectivity index (χ3n) is 5.87. The molecule has 4 rings (SSSR count). The molecule has 2 aromatic carbocycles. The fourth-order valence-electron chi connectivity index (χ4n) is 3.82. The molecule has 2 amide bonds. The van der Waals surface area contributed by atoms with Gasteiger partial charge in [0.05, 0.1) is 16.4 Å². The highest BCUT2D eigenvalue weighted by atomic mass is 35.5. The van der Waals surface area contributed by atoms with Gasteiger partial charge in [-0.2, -0.15) is 30.6 Å². The number of carbonyl (C=O) groups is 2. The maximum atomic E-state index is 14.1. The predicted molar refractivity (Wildman–Crippen MR) is 136 cm³/mol. The monoisotopic (exact) mass is 623 g/mol. The summed E-state index contributed by atoms with van der Waals surface area (Å²) in [4.78, 5) is 28.8. The van der Waals surface area contributed by atoms with E-state index in [1.54, 1.807) is 0 Å². The van der Waals surface area contributed by atoms with E-state index in [4.69, 9.17) is 11.6 Å². The summed E-state index contributed by atoms with van der Waals surface area (Å²) >= 11 is 6.22. The van der Waals surface area contributed by atoms with Crippen molar-refractivity contribution >= 4 is 50.6 Å². The Morgan fingerprint density at radius 3 is 2.50 bits per heavy atom. The third-order valence-corrected chi connectivity index (χ3v) is 8.84. The molecule has 2 unspecified atom stereocenters. The number of thiazole rings is 1. The molecular weight excluding hydrogens is 605 g/mol. The number of hydrogen-bond donors (Lipinski definition) is 3. The van der Waals surface area contributed by atoms with Crippen LogP contribution < -0.4 is 15.4 Å². The number of nitrogens with one attached hydrogen (secondary N) is 3. The Labute approximate surface area is 233 Å². The van der Waals surface area contributed by atoms with Crippen LogP contribution in [0.25, 0.3) is 10.6 Å². The number of benzene rings is 2. The summed E-state index contributed by atoms with van der Waals surface area (Å²) in [6.45, 7) is -0.696. The molecule has 0 aliphatic carbocycles. The zero-order chi connectivity index (χ0) is 29.4. The lowest BCUT2D eigenvalue weighted by Crippen LogP contribution is -2.62. The fraction of sp³-hybridized carbons (Fsp3) is 0.261. The first kappa shape index (κ1) is 29.8. The molecule has 1 aromatic heterocycles. The van der Waals surface area contributed by atoms with Crippen LogP contribution in [0.2, 0.25) is 5.02 Å². The van der Waals surface area contributed by atoms with Crippen molar-refractivity contribution in [3.8, 4) is 10.6 Å². The second kappa shape index (κ2) is 11.4. The highest BCUT2D eigenvalue weighted by Gasteiger charge is 2.43. The van der Waals surface area contributed by atoms with E-state index >= 15 is 0 Å². The van der Waals surface area contributed by atoms with E-state index in [2.05, 4.69) is 20.3 Å². The largest absolute Gasteiger partial charge is 0.434 e. The average Bonchev–Trinajstić information content (AvgIpc) is 3.31. The number of likely N-dealkylation sites (N-methyl/N-ethyl adjacent to an activating group) is 1. The molecule has 3 N–H and O–H groups in total. The van der Waals surface area contributed by atoms with Gasteiger partial charge in [-0.1, -0.05) is 23.7 Å². The van der Waals surface area contributed by atoms with Crippen molar-refractivity contribution in [2.75, 3.05) is 12.4 Å². The van der Waals surface area contributed by atoms with Crippen molar-refractivity contribution in [1.82, 2.24) is 19.3 Å². The van der Waals surface area contributed by atoms with Gasteiger partial charge in [-0.25, -0.2) is 13.8 Å². The van der Waals surface area contributed by atoms with E-state index < -0.39 is 75.5 Å². The quantitative estimate of drug-likeness (QED) is 0.360. The summed E-state index contributed by atoms with van der Waals surface area (Å²) in [7, 11) is -3.27. The van der Waals surface area contributed by atoms with Crippen LogP contribution in [0.3, 0.4) is 0 Å². The number of aromatic nitrogens is 1. The molecule has 2 heterocycles. The van der Waals surface area contributed by atoms with Crippen LogP contribution in [-0.4, -0.2) is 48.7 Å².